The second-order valence-electron chi connectivity index (χ2n) is 4.05. The summed E-state index contributed by atoms with van der Waals surface area (Å²) < 4.78 is 5.28. The van der Waals surface area contributed by atoms with Gasteiger partial charge in [-0.15, -0.1) is 0 Å². The Morgan fingerprint density at radius 3 is 3.21 bits per heavy atom. The van der Waals surface area contributed by atoms with Gasteiger partial charge in [0.1, 0.15) is 5.76 Å². The lowest BCUT2D eigenvalue weighted by Gasteiger charge is -2.21. The van der Waals surface area contributed by atoms with Crippen LogP contribution >= 0.6 is 0 Å². The predicted molar refractivity (Wildman–Crippen MR) is 55.2 cm³/mol. The van der Waals surface area contributed by atoms with Crippen molar-refractivity contribution in [2.24, 2.45) is 5.92 Å². The van der Waals surface area contributed by atoms with Gasteiger partial charge in [0.25, 0.3) is 0 Å². The van der Waals surface area contributed by atoms with E-state index in [1.54, 1.807) is 0 Å². The van der Waals surface area contributed by atoms with E-state index >= 15 is 0 Å². The van der Waals surface area contributed by atoms with E-state index in [4.69, 9.17) is 4.52 Å². The molecule has 1 saturated heterocycles. The van der Waals surface area contributed by atoms with Gasteiger partial charge in [-0.25, -0.2) is 0 Å². The average molecular weight is 194 g/mol. The summed E-state index contributed by atoms with van der Waals surface area (Å²) in [7, 11) is 0. The molecule has 0 aromatic carbocycles. The summed E-state index contributed by atoms with van der Waals surface area (Å²) in [6.07, 6.45) is 4.61. The van der Waals surface area contributed by atoms with Crippen LogP contribution in [-0.4, -0.2) is 18.2 Å². The lowest BCUT2D eigenvalue weighted by atomic mass is 9.95. The molecule has 1 unspecified atom stereocenters. The van der Waals surface area contributed by atoms with Gasteiger partial charge in [-0.1, -0.05) is 12.1 Å². The molecule has 1 aliphatic heterocycles. The monoisotopic (exact) mass is 194 g/mol. The second-order valence-corrected chi connectivity index (χ2v) is 4.05. The van der Waals surface area contributed by atoms with Crippen molar-refractivity contribution in [3.63, 3.8) is 0 Å². The fourth-order valence-corrected chi connectivity index (χ4v) is 2.00. The van der Waals surface area contributed by atoms with E-state index in [-0.39, 0.29) is 0 Å². The summed E-state index contributed by atoms with van der Waals surface area (Å²) in [4.78, 5) is 0. The van der Waals surface area contributed by atoms with Crippen molar-refractivity contribution in [2.45, 2.75) is 32.6 Å². The molecule has 0 spiro atoms. The minimum absolute atomic E-state index is 0.737. The van der Waals surface area contributed by atoms with Gasteiger partial charge in [-0.2, -0.15) is 0 Å². The van der Waals surface area contributed by atoms with E-state index in [9.17, 15) is 0 Å². The summed E-state index contributed by atoms with van der Waals surface area (Å²) in [6.45, 7) is 4.40. The van der Waals surface area contributed by atoms with E-state index in [1.807, 2.05) is 0 Å². The Hall–Kier alpha value is -0.830. The Bertz CT molecular complexity index is 277. The quantitative estimate of drug-likeness (QED) is 0.797. The van der Waals surface area contributed by atoms with Crippen LogP contribution in [0.4, 0.5) is 0 Å². The highest BCUT2D eigenvalue weighted by Gasteiger charge is 2.15. The molecule has 3 heteroatoms. The molecule has 1 fully saturated rings. The number of nitrogens with zero attached hydrogens (tertiary/aromatic N) is 1. The summed E-state index contributed by atoms with van der Waals surface area (Å²) in [6, 6.07) is 2.09. The molecule has 3 nitrogen and oxygen atoms in total. The van der Waals surface area contributed by atoms with Crippen molar-refractivity contribution in [3.8, 4) is 0 Å². The largest absolute Gasteiger partial charge is 0.361 e. The van der Waals surface area contributed by atoms with Crippen LogP contribution in [0.15, 0.2) is 10.6 Å². The molecule has 1 atom stereocenters. The van der Waals surface area contributed by atoms with Gasteiger partial charge in [0.05, 0.1) is 5.69 Å². The van der Waals surface area contributed by atoms with E-state index in [0.29, 0.717) is 0 Å². The standard InChI is InChI=1S/C11H18N2O/c1-2-10-7-11(14-13-10)6-9-4-3-5-12-8-9/h7,9,12H,2-6,8H2,1H3. The number of piperidine rings is 1. The summed E-state index contributed by atoms with van der Waals surface area (Å²) in [5.41, 5.74) is 1.07. The van der Waals surface area contributed by atoms with E-state index in [2.05, 4.69) is 23.5 Å². The third kappa shape index (κ3) is 2.35. The van der Waals surface area contributed by atoms with Gasteiger partial charge in [0, 0.05) is 12.5 Å². The van der Waals surface area contributed by atoms with E-state index in [0.717, 1.165) is 36.8 Å². The average Bonchev–Trinajstić information content (AvgIpc) is 2.67. The van der Waals surface area contributed by atoms with Gasteiger partial charge in [0.15, 0.2) is 0 Å². The van der Waals surface area contributed by atoms with E-state index in [1.165, 1.54) is 19.4 Å². The maximum absolute atomic E-state index is 5.28. The number of aromatic nitrogens is 1. The molecular formula is C11H18N2O. The molecule has 1 aromatic heterocycles. The van der Waals surface area contributed by atoms with E-state index < -0.39 is 0 Å². The van der Waals surface area contributed by atoms with Crippen molar-refractivity contribution in [2.75, 3.05) is 13.1 Å². The van der Waals surface area contributed by atoms with Crippen LogP contribution in [-0.2, 0) is 12.8 Å². The normalized spacial score (nSPS) is 22.5. The van der Waals surface area contributed by atoms with Crippen LogP contribution in [0.1, 0.15) is 31.2 Å². The zero-order valence-corrected chi connectivity index (χ0v) is 8.75. The molecular weight excluding hydrogens is 176 g/mol. The van der Waals surface area contributed by atoms with Crippen molar-refractivity contribution < 1.29 is 4.52 Å². The van der Waals surface area contributed by atoms with Gasteiger partial charge < -0.3 is 9.84 Å². The Kier molecular flexibility index (Phi) is 3.19. The summed E-state index contributed by atoms with van der Waals surface area (Å²) in [5, 5.41) is 7.42. The van der Waals surface area contributed by atoms with Gasteiger partial charge in [0.2, 0.25) is 0 Å². The van der Waals surface area contributed by atoms with Crippen LogP contribution in [0, 0.1) is 5.92 Å². The van der Waals surface area contributed by atoms with Crippen molar-refractivity contribution in [1.82, 2.24) is 10.5 Å². The first-order valence-electron chi connectivity index (χ1n) is 5.53. The third-order valence-corrected chi connectivity index (χ3v) is 2.86. The van der Waals surface area contributed by atoms with Gasteiger partial charge in [-0.3, -0.25) is 0 Å². The maximum atomic E-state index is 5.28. The zero-order chi connectivity index (χ0) is 9.80. The fraction of sp³-hybridized carbons (Fsp3) is 0.727. The summed E-state index contributed by atoms with van der Waals surface area (Å²) in [5.74, 6) is 1.79. The first-order valence-corrected chi connectivity index (χ1v) is 5.53. The maximum Gasteiger partial charge on any atom is 0.137 e. The Morgan fingerprint density at radius 1 is 1.64 bits per heavy atom. The number of aryl methyl sites for hydroxylation is 1. The first kappa shape index (κ1) is 9.71. The topological polar surface area (TPSA) is 38.1 Å². The van der Waals surface area contributed by atoms with Crippen LogP contribution in [0.2, 0.25) is 0 Å². The highest BCUT2D eigenvalue weighted by atomic mass is 16.5. The minimum atomic E-state index is 0.737. The zero-order valence-electron chi connectivity index (χ0n) is 8.75. The highest BCUT2D eigenvalue weighted by Crippen LogP contribution is 2.17. The molecule has 0 radical (unpaired) electrons. The first-order chi connectivity index (χ1) is 6.88. The molecule has 0 saturated carbocycles. The fourth-order valence-electron chi connectivity index (χ4n) is 2.00. The number of hydrogen-bond acceptors (Lipinski definition) is 3. The molecule has 0 amide bonds. The third-order valence-electron chi connectivity index (χ3n) is 2.86. The minimum Gasteiger partial charge on any atom is -0.361 e. The molecule has 2 rings (SSSR count). The molecule has 1 N–H and O–H groups in total. The van der Waals surface area contributed by atoms with Crippen LogP contribution in [0.5, 0.6) is 0 Å². The smallest absolute Gasteiger partial charge is 0.137 e. The number of rotatable bonds is 3. The Morgan fingerprint density at radius 2 is 2.57 bits per heavy atom. The lowest BCUT2D eigenvalue weighted by molar-refractivity contribution is 0.319. The molecule has 14 heavy (non-hydrogen) atoms. The van der Waals surface area contributed by atoms with Crippen LogP contribution < -0.4 is 5.32 Å². The van der Waals surface area contributed by atoms with Crippen molar-refractivity contribution >= 4 is 0 Å². The van der Waals surface area contributed by atoms with Crippen LogP contribution in [0.3, 0.4) is 0 Å². The molecule has 78 valence electrons. The van der Waals surface area contributed by atoms with Crippen molar-refractivity contribution in [1.29, 1.82) is 0 Å². The van der Waals surface area contributed by atoms with Crippen LogP contribution in [0.25, 0.3) is 0 Å². The van der Waals surface area contributed by atoms with Gasteiger partial charge in [-0.05, 0) is 38.3 Å². The molecule has 1 aliphatic rings. The van der Waals surface area contributed by atoms with Crippen molar-refractivity contribution in [3.05, 3.63) is 17.5 Å². The predicted octanol–water partition coefficient (Wildman–Crippen LogP) is 1.78. The Labute approximate surface area is 84.9 Å². The molecule has 0 aliphatic carbocycles. The number of hydrogen-bond donors (Lipinski definition) is 1. The Balaban J connectivity index is 1.89. The number of nitrogens with one attached hydrogen (secondary N) is 1. The summed E-state index contributed by atoms with van der Waals surface area (Å²) >= 11 is 0. The van der Waals surface area contributed by atoms with Gasteiger partial charge >= 0.3 is 0 Å². The highest BCUT2D eigenvalue weighted by molar-refractivity contribution is 5.06. The SMILES string of the molecule is CCc1cc(CC2CCCNC2)on1. The molecule has 2 heterocycles. The lowest BCUT2D eigenvalue weighted by Crippen LogP contribution is -2.30. The molecule has 1 aromatic rings. The second kappa shape index (κ2) is 4.60. The molecule has 0 bridgehead atoms.